The minimum absolute atomic E-state index is 0.154. The van der Waals surface area contributed by atoms with E-state index in [1.165, 1.54) is 0 Å². The molecule has 0 aliphatic heterocycles. The van der Waals surface area contributed by atoms with Gasteiger partial charge in [0, 0.05) is 0 Å². The average Bonchev–Trinajstić information content (AvgIpc) is 2.17. The standard InChI is InChI=1S/C16H42O4Si4/c1-15(18-22(5,6)7)16(19-23(8,9)10,20-24(11,12)13)14-17-21(2,3)4/h15H,14H2,1-13H3. The van der Waals surface area contributed by atoms with Gasteiger partial charge in [-0.15, -0.1) is 0 Å². The summed E-state index contributed by atoms with van der Waals surface area (Å²) in [7, 11) is -7.14. The zero-order valence-electron chi connectivity index (χ0n) is 18.4. The second kappa shape index (κ2) is 8.16. The smallest absolute Gasteiger partial charge is 0.197 e. The van der Waals surface area contributed by atoms with Gasteiger partial charge in [-0.2, -0.15) is 0 Å². The molecule has 0 saturated heterocycles. The molecule has 0 aromatic rings. The Bertz CT molecular complexity index is 373. The lowest BCUT2D eigenvalue weighted by Crippen LogP contribution is -2.61. The maximum Gasteiger partial charge on any atom is 0.197 e. The maximum atomic E-state index is 6.65. The quantitative estimate of drug-likeness (QED) is 0.353. The van der Waals surface area contributed by atoms with Crippen molar-refractivity contribution in [3.05, 3.63) is 0 Å². The fourth-order valence-corrected chi connectivity index (χ4v) is 6.90. The average molecular weight is 411 g/mol. The monoisotopic (exact) mass is 410 g/mol. The van der Waals surface area contributed by atoms with Crippen molar-refractivity contribution in [2.75, 3.05) is 6.61 Å². The predicted octanol–water partition coefficient (Wildman–Crippen LogP) is 5.48. The minimum atomic E-state index is -1.86. The van der Waals surface area contributed by atoms with Gasteiger partial charge in [-0.3, -0.25) is 0 Å². The van der Waals surface area contributed by atoms with E-state index in [-0.39, 0.29) is 6.10 Å². The lowest BCUT2D eigenvalue weighted by Gasteiger charge is -2.48. The van der Waals surface area contributed by atoms with Crippen molar-refractivity contribution >= 4 is 33.3 Å². The van der Waals surface area contributed by atoms with E-state index in [1.807, 2.05) is 0 Å². The van der Waals surface area contributed by atoms with Crippen LogP contribution in [0.1, 0.15) is 6.92 Å². The van der Waals surface area contributed by atoms with Crippen molar-refractivity contribution in [3.8, 4) is 0 Å². The predicted molar refractivity (Wildman–Crippen MR) is 115 cm³/mol. The summed E-state index contributed by atoms with van der Waals surface area (Å²) in [4.78, 5) is 0. The molecule has 0 rings (SSSR count). The van der Waals surface area contributed by atoms with Crippen LogP contribution < -0.4 is 0 Å². The minimum Gasteiger partial charge on any atom is -0.412 e. The SMILES string of the molecule is CC(O[Si](C)(C)C)C(CO[Si](C)(C)C)(O[Si](C)(C)C)O[Si](C)(C)C. The van der Waals surface area contributed by atoms with Gasteiger partial charge in [-0.1, -0.05) is 0 Å². The molecule has 0 aliphatic carbocycles. The van der Waals surface area contributed by atoms with Gasteiger partial charge in [0.1, 0.15) is 0 Å². The Balaban J connectivity index is 5.81. The van der Waals surface area contributed by atoms with Crippen LogP contribution in [-0.2, 0) is 17.7 Å². The third-order valence-electron chi connectivity index (χ3n) is 2.81. The molecule has 4 nitrogen and oxygen atoms in total. The van der Waals surface area contributed by atoms with Crippen molar-refractivity contribution in [1.82, 2.24) is 0 Å². The summed E-state index contributed by atoms with van der Waals surface area (Å²) in [6.07, 6.45) is -0.154. The van der Waals surface area contributed by atoms with Gasteiger partial charge < -0.3 is 17.7 Å². The van der Waals surface area contributed by atoms with Gasteiger partial charge in [0.25, 0.3) is 0 Å². The van der Waals surface area contributed by atoms with Crippen molar-refractivity contribution in [2.24, 2.45) is 0 Å². The van der Waals surface area contributed by atoms with E-state index in [4.69, 9.17) is 17.7 Å². The molecule has 0 aromatic heterocycles. The molecule has 24 heavy (non-hydrogen) atoms. The molecule has 0 N–H and O–H groups in total. The van der Waals surface area contributed by atoms with Crippen LogP contribution in [0.15, 0.2) is 0 Å². The van der Waals surface area contributed by atoms with Crippen LogP contribution >= 0.6 is 0 Å². The molecule has 1 unspecified atom stereocenters. The van der Waals surface area contributed by atoms with Gasteiger partial charge in [-0.25, -0.2) is 0 Å². The molecule has 146 valence electrons. The molecule has 0 radical (unpaired) electrons. The van der Waals surface area contributed by atoms with Crippen molar-refractivity contribution in [2.45, 2.75) is 97.4 Å². The first-order valence-electron chi connectivity index (χ1n) is 8.97. The summed E-state index contributed by atoms with van der Waals surface area (Å²) < 4.78 is 26.0. The Hall–Kier alpha value is 0.708. The van der Waals surface area contributed by atoms with Gasteiger partial charge in [0.2, 0.25) is 0 Å². The molecular formula is C16H42O4Si4. The topological polar surface area (TPSA) is 36.9 Å². The zero-order chi connectivity index (χ0) is 19.6. The van der Waals surface area contributed by atoms with Crippen LogP contribution in [0.5, 0.6) is 0 Å². The molecule has 0 bridgehead atoms. The van der Waals surface area contributed by atoms with Crippen molar-refractivity contribution < 1.29 is 17.7 Å². The highest BCUT2D eigenvalue weighted by molar-refractivity contribution is 6.71. The van der Waals surface area contributed by atoms with Crippen LogP contribution in [0.2, 0.25) is 78.6 Å². The van der Waals surface area contributed by atoms with Crippen LogP contribution in [0.4, 0.5) is 0 Å². The number of hydrogen-bond donors (Lipinski definition) is 0. The van der Waals surface area contributed by atoms with E-state index in [0.29, 0.717) is 6.61 Å². The van der Waals surface area contributed by atoms with E-state index in [0.717, 1.165) is 0 Å². The summed E-state index contributed by atoms with van der Waals surface area (Å²) in [5, 5.41) is 0. The number of hydrogen-bond acceptors (Lipinski definition) is 4. The van der Waals surface area contributed by atoms with E-state index in [9.17, 15) is 0 Å². The van der Waals surface area contributed by atoms with Gasteiger partial charge in [0.05, 0.1) is 12.7 Å². The van der Waals surface area contributed by atoms with Crippen LogP contribution in [0, 0.1) is 0 Å². The largest absolute Gasteiger partial charge is 0.412 e. The lowest BCUT2D eigenvalue weighted by molar-refractivity contribution is -0.204. The lowest BCUT2D eigenvalue weighted by atomic mass is 10.2. The normalized spacial score (nSPS) is 16.4. The summed E-state index contributed by atoms with van der Waals surface area (Å²) in [5.41, 5.74) is 0. The van der Waals surface area contributed by atoms with Gasteiger partial charge >= 0.3 is 0 Å². The van der Waals surface area contributed by atoms with E-state index in [2.05, 4.69) is 85.5 Å². The fourth-order valence-electron chi connectivity index (χ4n) is 2.34. The molecule has 0 fully saturated rings. The summed E-state index contributed by atoms with van der Waals surface area (Å²) >= 11 is 0. The molecule has 0 saturated carbocycles. The second-order valence-electron chi connectivity index (χ2n) is 10.5. The first-order valence-corrected chi connectivity index (χ1v) is 22.6. The molecule has 0 aliphatic rings. The molecular weight excluding hydrogens is 369 g/mol. The van der Waals surface area contributed by atoms with Crippen molar-refractivity contribution in [1.29, 1.82) is 0 Å². The Morgan fingerprint density at radius 2 is 1.00 bits per heavy atom. The molecule has 1 atom stereocenters. The first-order chi connectivity index (χ1) is 10.2. The highest BCUT2D eigenvalue weighted by Gasteiger charge is 2.48. The van der Waals surface area contributed by atoms with Crippen LogP contribution in [0.3, 0.4) is 0 Å². The van der Waals surface area contributed by atoms with Crippen molar-refractivity contribution in [3.63, 3.8) is 0 Å². The Morgan fingerprint density at radius 3 is 1.25 bits per heavy atom. The molecule has 0 spiro atoms. The zero-order valence-corrected chi connectivity index (χ0v) is 22.4. The summed E-state index contributed by atoms with van der Waals surface area (Å²) in [6.45, 7) is 28.9. The van der Waals surface area contributed by atoms with Gasteiger partial charge in [0.15, 0.2) is 39.1 Å². The molecule has 8 heteroatoms. The van der Waals surface area contributed by atoms with E-state index >= 15 is 0 Å². The summed E-state index contributed by atoms with van der Waals surface area (Å²) in [5.74, 6) is -0.810. The Morgan fingerprint density at radius 1 is 0.625 bits per heavy atom. The molecule has 0 amide bonds. The Kier molecular flexibility index (Phi) is 8.40. The van der Waals surface area contributed by atoms with Crippen LogP contribution in [-0.4, -0.2) is 51.8 Å². The fraction of sp³-hybridized carbons (Fsp3) is 1.00. The van der Waals surface area contributed by atoms with Gasteiger partial charge in [-0.05, 0) is 85.5 Å². The highest BCUT2D eigenvalue weighted by Crippen LogP contribution is 2.32. The van der Waals surface area contributed by atoms with E-state index in [1.54, 1.807) is 0 Å². The molecule has 0 aromatic carbocycles. The third-order valence-corrected chi connectivity index (χ3v) is 6.80. The van der Waals surface area contributed by atoms with E-state index < -0.39 is 39.1 Å². The highest BCUT2D eigenvalue weighted by atomic mass is 28.4. The van der Waals surface area contributed by atoms with Crippen LogP contribution in [0.25, 0.3) is 0 Å². The molecule has 0 heterocycles. The maximum absolute atomic E-state index is 6.65. The summed E-state index contributed by atoms with van der Waals surface area (Å²) in [6, 6.07) is 0. The number of rotatable bonds is 10. The first kappa shape index (κ1) is 24.7. The Labute approximate surface area is 155 Å². The third kappa shape index (κ3) is 11.3. The second-order valence-corrected chi connectivity index (χ2v) is 28.3.